The van der Waals surface area contributed by atoms with E-state index in [1.807, 2.05) is 60.7 Å². The van der Waals surface area contributed by atoms with Crippen LogP contribution in [0.15, 0.2) is 71.3 Å². The second-order valence-corrected chi connectivity index (χ2v) is 5.68. The van der Waals surface area contributed by atoms with E-state index >= 15 is 0 Å². The number of hydrogen-bond acceptors (Lipinski definition) is 5. The Morgan fingerprint density at radius 3 is 2.38 bits per heavy atom. The molecule has 0 aliphatic rings. The third-order valence-corrected chi connectivity index (χ3v) is 3.80. The van der Waals surface area contributed by atoms with Crippen molar-refractivity contribution in [2.24, 2.45) is 0 Å². The minimum atomic E-state index is -0.403. The number of rotatable bonds is 4. The van der Waals surface area contributed by atoms with E-state index in [9.17, 15) is 4.79 Å². The van der Waals surface area contributed by atoms with Crippen LogP contribution in [0.1, 0.15) is 16.2 Å². The third kappa shape index (κ3) is 2.98. The van der Waals surface area contributed by atoms with Crippen LogP contribution in [0.5, 0.6) is 0 Å². The van der Waals surface area contributed by atoms with Crippen LogP contribution in [-0.2, 0) is 0 Å². The van der Waals surface area contributed by atoms with Gasteiger partial charge < -0.3 is 9.84 Å². The Kier molecular flexibility index (Phi) is 4.03. The van der Waals surface area contributed by atoms with Crippen molar-refractivity contribution in [2.45, 2.75) is 6.92 Å². The summed E-state index contributed by atoms with van der Waals surface area (Å²) < 4.78 is 6.64. The van der Waals surface area contributed by atoms with Crippen LogP contribution in [0.4, 0.5) is 5.82 Å². The first-order valence-corrected chi connectivity index (χ1v) is 8.03. The maximum atomic E-state index is 12.8. The summed E-state index contributed by atoms with van der Waals surface area (Å²) in [5.41, 5.74) is 2.47. The van der Waals surface area contributed by atoms with Gasteiger partial charge in [-0.25, -0.2) is 4.68 Å². The molecule has 0 radical (unpaired) electrons. The summed E-state index contributed by atoms with van der Waals surface area (Å²) in [6.45, 7) is 1.75. The molecule has 4 aromatic rings. The zero-order chi connectivity index (χ0) is 17.9. The molecule has 0 saturated heterocycles. The summed E-state index contributed by atoms with van der Waals surface area (Å²) in [7, 11) is 0. The van der Waals surface area contributed by atoms with Crippen LogP contribution >= 0.6 is 0 Å². The van der Waals surface area contributed by atoms with Gasteiger partial charge in [0.05, 0.1) is 5.69 Å². The number of amides is 1. The van der Waals surface area contributed by atoms with Crippen LogP contribution in [-0.4, -0.2) is 26.1 Å². The highest BCUT2D eigenvalue weighted by molar-refractivity contribution is 6.06. The molecule has 0 bridgehead atoms. The fraction of sp³-hybridized carbons (Fsp3) is 0.0526. The van der Waals surface area contributed by atoms with Gasteiger partial charge in [0.2, 0.25) is 0 Å². The molecule has 128 valence electrons. The predicted molar refractivity (Wildman–Crippen MR) is 96.0 cm³/mol. The molecule has 4 rings (SSSR count). The molecule has 2 aromatic heterocycles. The van der Waals surface area contributed by atoms with E-state index in [0.717, 1.165) is 11.3 Å². The van der Waals surface area contributed by atoms with E-state index in [0.29, 0.717) is 17.3 Å². The summed E-state index contributed by atoms with van der Waals surface area (Å²) in [5, 5.41) is 14.8. The summed E-state index contributed by atoms with van der Waals surface area (Å²) >= 11 is 0. The van der Waals surface area contributed by atoms with E-state index in [2.05, 4.69) is 20.8 Å². The van der Waals surface area contributed by atoms with E-state index in [-0.39, 0.29) is 5.69 Å². The van der Waals surface area contributed by atoms with Crippen molar-refractivity contribution in [3.63, 3.8) is 0 Å². The van der Waals surface area contributed by atoms with Crippen LogP contribution in [0.2, 0.25) is 0 Å². The summed E-state index contributed by atoms with van der Waals surface area (Å²) in [6.07, 6.45) is 0. The number of nitrogens with one attached hydrogen (secondary N) is 1. The zero-order valence-electron chi connectivity index (χ0n) is 14.0. The van der Waals surface area contributed by atoms with Gasteiger partial charge in [-0.15, -0.1) is 5.10 Å². The SMILES string of the molecule is Cc1cc(NC(=O)c2nnn(-c3ccccc3)c2-c2ccccc2)no1. The number of nitrogens with zero attached hydrogens (tertiary/aromatic N) is 4. The van der Waals surface area contributed by atoms with E-state index < -0.39 is 5.91 Å². The third-order valence-electron chi connectivity index (χ3n) is 3.80. The molecule has 7 nitrogen and oxygen atoms in total. The number of hydrogen-bond donors (Lipinski definition) is 1. The molecule has 1 N–H and O–H groups in total. The number of para-hydroxylation sites is 1. The van der Waals surface area contributed by atoms with E-state index in [1.54, 1.807) is 17.7 Å². The molecule has 0 spiro atoms. The van der Waals surface area contributed by atoms with Gasteiger partial charge in [0.25, 0.3) is 5.91 Å². The molecule has 0 atom stereocenters. The van der Waals surface area contributed by atoms with Gasteiger partial charge in [0, 0.05) is 11.6 Å². The lowest BCUT2D eigenvalue weighted by Gasteiger charge is -2.08. The topological polar surface area (TPSA) is 85.8 Å². The Labute approximate surface area is 149 Å². The summed E-state index contributed by atoms with van der Waals surface area (Å²) in [6, 6.07) is 20.7. The number of aryl methyl sites for hydroxylation is 1. The normalized spacial score (nSPS) is 10.7. The highest BCUT2D eigenvalue weighted by Crippen LogP contribution is 2.25. The lowest BCUT2D eigenvalue weighted by atomic mass is 10.1. The standard InChI is InChI=1S/C19H15N5O2/c1-13-12-16(22-26-13)20-19(25)17-18(14-8-4-2-5-9-14)24(23-21-17)15-10-6-3-7-11-15/h2-12H,1H3,(H,20,22,25). The molecular formula is C19H15N5O2. The highest BCUT2D eigenvalue weighted by Gasteiger charge is 2.22. The van der Waals surface area contributed by atoms with Crippen molar-refractivity contribution >= 4 is 11.7 Å². The van der Waals surface area contributed by atoms with Crippen LogP contribution in [0, 0.1) is 6.92 Å². The van der Waals surface area contributed by atoms with Gasteiger partial charge in [-0.2, -0.15) is 0 Å². The van der Waals surface area contributed by atoms with Crippen molar-refractivity contribution in [3.8, 4) is 16.9 Å². The quantitative estimate of drug-likeness (QED) is 0.612. The number of aromatic nitrogens is 4. The van der Waals surface area contributed by atoms with Gasteiger partial charge in [-0.1, -0.05) is 58.9 Å². The molecule has 0 unspecified atom stereocenters. The fourth-order valence-corrected chi connectivity index (χ4v) is 2.64. The van der Waals surface area contributed by atoms with Crippen molar-refractivity contribution in [1.82, 2.24) is 20.2 Å². The number of carbonyl (C=O) groups is 1. The Balaban J connectivity index is 1.80. The van der Waals surface area contributed by atoms with Gasteiger partial charge in [0.15, 0.2) is 11.5 Å². The van der Waals surface area contributed by atoms with Gasteiger partial charge in [0.1, 0.15) is 11.5 Å². The van der Waals surface area contributed by atoms with Crippen LogP contribution in [0.25, 0.3) is 16.9 Å². The van der Waals surface area contributed by atoms with Gasteiger partial charge in [-0.05, 0) is 19.1 Å². The van der Waals surface area contributed by atoms with Crippen molar-refractivity contribution in [2.75, 3.05) is 5.32 Å². The molecule has 2 heterocycles. The van der Waals surface area contributed by atoms with Crippen LogP contribution < -0.4 is 5.32 Å². The molecule has 0 saturated carbocycles. The van der Waals surface area contributed by atoms with Gasteiger partial charge in [-0.3, -0.25) is 4.79 Å². The summed E-state index contributed by atoms with van der Waals surface area (Å²) in [4.78, 5) is 12.8. The lowest BCUT2D eigenvalue weighted by molar-refractivity contribution is 0.102. The molecule has 0 aliphatic heterocycles. The predicted octanol–water partition coefficient (Wildman–Crippen LogP) is 3.48. The average molecular weight is 345 g/mol. The first kappa shape index (κ1) is 15.8. The average Bonchev–Trinajstić information content (AvgIpc) is 3.29. The van der Waals surface area contributed by atoms with E-state index in [4.69, 9.17) is 4.52 Å². The molecule has 0 aliphatic carbocycles. The molecule has 0 fully saturated rings. The number of benzene rings is 2. The van der Waals surface area contributed by atoms with Crippen LogP contribution in [0.3, 0.4) is 0 Å². The first-order chi connectivity index (χ1) is 12.7. The molecule has 26 heavy (non-hydrogen) atoms. The number of carbonyl (C=O) groups excluding carboxylic acids is 1. The van der Waals surface area contributed by atoms with Crippen molar-refractivity contribution < 1.29 is 9.32 Å². The van der Waals surface area contributed by atoms with E-state index in [1.165, 1.54) is 0 Å². The minimum Gasteiger partial charge on any atom is -0.360 e. The second-order valence-electron chi connectivity index (χ2n) is 5.68. The zero-order valence-corrected chi connectivity index (χ0v) is 14.0. The Morgan fingerprint density at radius 1 is 1.04 bits per heavy atom. The minimum absolute atomic E-state index is 0.209. The largest absolute Gasteiger partial charge is 0.360 e. The maximum Gasteiger partial charge on any atom is 0.279 e. The molecule has 1 amide bonds. The lowest BCUT2D eigenvalue weighted by Crippen LogP contribution is -2.14. The fourth-order valence-electron chi connectivity index (χ4n) is 2.64. The Hall–Kier alpha value is -3.74. The first-order valence-electron chi connectivity index (χ1n) is 8.03. The Morgan fingerprint density at radius 2 is 1.73 bits per heavy atom. The smallest absolute Gasteiger partial charge is 0.279 e. The molecule has 7 heteroatoms. The number of anilines is 1. The molecule has 2 aromatic carbocycles. The van der Waals surface area contributed by atoms with Crippen molar-refractivity contribution in [3.05, 3.63) is 78.2 Å². The van der Waals surface area contributed by atoms with Gasteiger partial charge >= 0.3 is 0 Å². The molecular weight excluding hydrogens is 330 g/mol. The van der Waals surface area contributed by atoms with Crippen molar-refractivity contribution in [1.29, 1.82) is 0 Å². The highest BCUT2D eigenvalue weighted by atomic mass is 16.5. The summed E-state index contributed by atoms with van der Waals surface area (Å²) in [5.74, 6) is 0.539. The second kappa shape index (κ2) is 6.64. The maximum absolute atomic E-state index is 12.8. The monoisotopic (exact) mass is 345 g/mol. The Bertz CT molecular complexity index is 1040.